The molecule has 1 aliphatic rings. The first-order chi connectivity index (χ1) is 8.03. The molecular weight excluding hydrogens is 231 g/mol. The van der Waals surface area contributed by atoms with Gasteiger partial charge in [-0.3, -0.25) is 0 Å². The molecule has 2 nitrogen and oxygen atoms in total. The van der Waals surface area contributed by atoms with Crippen molar-refractivity contribution in [2.45, 2.75) is 38.3 Å². The highest BCUT2D eigenvalue weighted by Crippen LogP contribution is 2.32. The van der Waals surface area contributed by atoms with Gasteiger partial charge in [-0.1, -0.05) is 25.7 Å². The van der Waals surface area contributed by atoms with E-state index in [0.29, 0.717) is 11.8 Å². The molecule has 0 aromatic heterocycles. The number of ether oxygens (including phenoxy) is 1. The first-order valence-electron chi connectivity index (χ1n) is 6.32. The van der Waals surface area contributed by atoms with Gasteiger partial charge in [-0.25, -0.2) is 0 Å². The quantitative estimate of drug-likeness (QED) is 0.704. The normalized spacial score (nSPS) is 19.8. The Morgan fingerprint density at radius 2 is 1.94 bits per heavy atom. The molecule has 1 fully saturated rings. The lowest BCUT2D eigenvalue weighted by Crippen LogP contribution is -2.27. The molecule has 1 atom stereocenters. The molecule has 1 saturated carbocycles. The number of hydrogen-bond acceptors (Lipinski definition) is 2. The summed E-state index contributed by atoms with van der Waals surface area (Å²) in [5.41, 5.74) is 0. The van der Waals surface area contributed by atoms with E-state index in [4.69, 9.17) is 0 Å². The summed E-state index contributed by atoms with van der Waals surface area (Å²) in [5.74, 6) is 1.12. The fourth-order valence-corrected chi connectivity index (χ4v) is 2.62. The Labute approximate surface area is 101 Å². The van der Waals surface area contributed by atoms with Gasteiger partial charge in [0.05, 0.1) is 0 Å². The molecule has 0 aromatic rings. The van der Waals surface area contributed by atoms with E-state index in [9.17, 15) is 13.2 Å². The first kappa shape index (κ1) is 14.8. The second-order valence-corrected chi connectivity index (χ2v) is 4.82. The predicted octanol–water partition coefficient (Wildman–Crippen LogP) is 2.98. The van der Waals surface area contributed by atoms with E-state index in [1.54, 1.807) is 0 Å². The van der Waals surface area contributed by atoms with E-state index in [1.807, 2.05) is 7.05 Å². The van der Waals surface area contributed by atoms with E-state index in [2.05, 4.69) is 10.1 Å². The molecule has 0 aromatic carbocycles. The smallest absolute Gasteiger partial charge is 0.372 e. The standard InChI is InChI=1S/C12H22F3NO/c1-16-8-11(10-4-2-3-5-10)6-7-17-9-12(13,14)15/h10-11,16H,2-9H2,1H3. The summed E-state index contributed by atoms with van der Waals surface area (Å²) < 4.78 is 40.4. The van der Waals surface area contributed by atoms with Crippen molar-refractivity contribution in [1.29, 1.82) is 0 Å². The molecule has 1 N–H and O–H groups in total. The van der Waals surface area contributed by atoms with Crippen molar-refractivity contribution < 1.29 is 17.9 Å². The van der Waals surface area contributed by atoms with Crippen LogP contribution in [0.4, 0.5) is 13.2 Å². The summed E-state index contributed by atoms with van der Waals surface area (Å²) >= 11 is 0. The number of nitrogens with one attached hydrogen (secondary N) is 1. The van der Waals surface area contributed by atoms with Crippen LogP contribution in [0.3, 0.4) is 0 Å². The summed E-state index contributed by atoms with van der Waals surface area (Å²) in [5, 5.41) is 3.12. The fraction of sp³-hybridized carbons (Fsp3) is 1.00. The Hall–Kier alpha value is -0.290. The van der Waals surface area contributed by atoms with Gasteiger partial charge in [-0.2, -0.15) is 13.2 Å². The number of rotatable bonds is 7. The minimum Gasteiger partial charge on any atom is -0.372 e. The Morgan fingerprint density at radius 1 is 1.29 bits per heavy atom. The van der Waals surface area contributed by atoms with Crippen molar-refractivity contribution in [3.05, 3.63) is 0 Å². The lowest BCUT2D eigenvalue weighted by molar-refractivity contribution is -0.174. The molecule has 0 saturated heterocycles. The highest BCUT2D eigenvalue weighted by atomic mass is 19.4. The SMILES string of the molecule is CNCC(CCOCC(F)(F)F)C1CCCC1. The van der Waals surface area contributed by atoms with Gasteiger partial charge in [0.2, 0.25) is 0 Å². The predicted molar refractivity (Wildman–Crippen MR) is 60.9 cm³/mol. The van der Waals surface area contributed by atoms with Crippen LogP contribution in [0.2, 0.25) is 0 Å². The molecule has 0 heterocycles. The zero-order valence-electron chi connectivity index (χ0n) is 10.4. The maximum absolute atomic E-state index is 11.9. The van der Waals surface area contributed by atoms with Crippen molar-refractivity contribution in [3.63, 3.8) is 0 Å². The molecule has 0 spiro atoms. The zero-order chi connectivity index (χ0) is 12.7. The monoisotopic (exact) mass is 253 g/mol. The van der Waals surface area contributed by atoms with Crippen LogP contribution in [0, 0.1) is 11.8 Å². The summed E-state index contributed by atoms with van der Waals surface area (Å²) in [6.07, 6.45) is 1.47. The molecule has 0 bridgehead atoms. The first-order valence-corrected chi connectivity index (χ1v) is 6.32. The summed E-state index contributed by atoms with van der Waals surface area (Å²) in [6, 6.07) is 0. The van der Waals surface area contributed by atoms with Crippen LogP contribution >= 0.6 is 0 Å². The molecule has 1 aliphatic carbocycles. The van der Waals surface area contributed by atoms with Crippen LogP contribution in [0.5, 0.6) is 0 Å². The number of halogens is 3. The molecule has 0 aliphatic heterocycles. The third-order valence-electron chi connectivity index (χ3n) is 3.43. The largest absolute Gasteiger partial charge is 0.411 e. The van der Waals surface area contributed by atoms with Crippen molar-refractivity contribution in [1.82, 2.24) is 5.32 Å². The van der Waals surface area contributed by atoms with Gasteiger partial charge in [-0.15, -0.1) is 0 Å². The summed E-state index contributed by atoms with van der Waals surface area (Å²) in [7, 11) is 1.89. The van der Waals surface area contributed by atoms with Crippen molar-refractivity contribution in [2.24, 2.45) is 11.8 Å². The molecule has 17 heavy (non-hydrogen) atoms. The van der Waals surface area contributed by atoms with Crippen molar-refractivity contribution >= 4 is 0 Å². The lowest BCUT2D eigenvalue weighted by Gasteiger charge is -2.23. The molecule has 0 amide bonds. The highest BCUT2D eigenvalue weighted by Gasteiger charge is 2.28. The van der Waals surface area contributed by atoms with Crippen LogP contribution in [-0.4, -0.2) is 33.0 Å². The summed E-state index contributed by atoms with van der Waals surface area (Å²) in [6.45, 7) is -0.0354. The van der Waals surface area contributed by atoms with E-state index < -0.39 is 12.8 Å². The second-order valence-electron chi connectivity index (χ2n) is 4.82. The van der Waals surface area contributed by atoms with Gasteiger partial charge in [0, 0.05) is 6.61 Å². The molecule has 1 rings (SSSR count). The Bertz CT molecular complexity index is 202. The third-order valence-corrected chi connectivity index (χ3v) is 3.43. The topological polar surface area (TPSA) is 21.3 Å². The maximum Gasteiger partial charge on any atom is 0.411 e. The molecule has 102 valence electrons. The van der Waals surface area contributed by atoms with Gasteiger partial charge in [0.1, 0.15) is 6.61 Å². The highest BCUT2D eigenvalue weighted by molar-refractivity contribution is 4.76. The van der Waals surface area contributed by atoms with Crippen molar-refractivity contribution in [2.75, 3.05) is 26.8 Å². The van der Waals surface area contributed by atoms with Crippen LogP contribution in [-0.2, 0) is 4.74 Å². The lowest BCUT2D eigenvalue weighted by atomic mass is 9.88. The van der Waals surface area contributed by atoms with E-state index in [-0.39, 0.29) is 6.61 Å². The fourth-order valence-electron chi connectivity index (χ4n) is 2.62. The van der Waals surface area contributed by atoms with Gasteiger partial charge in [-0.05, 0) is 31.8 Å². The van der Waals surface area contributed by atoms with E-state index in [0.717, 1.165) is 13.0 Å². The molecule has 1 unspecified atom stereocenters. The zero-order valence-corrected chi connectivity index (χ0v) is 10.4. The molecular formula is C12H22F3NO. The van der Waals surface area contributed by atoms with Crippen LogP contribution in [0.25, 0.3) is 0 Å². The molecule has 0 radical (unpaired) electrons. The average molecular weight is 253 g/mol. The second kappa shape index (κ2) is 7.21. The van der Waals surface area contributed by atoms with E-state index >= 15 is 0 Å². The Balaban J connectivity index is 2.20. The third kappa shape index (κ3) is 6.27. The van der Waals surface area contributed by atoms with Gasteiger partial charge in [0.25, 0.3) is 0 Å². The van der Waals surface area contributed by atoms with E-state index in [1.165, 1.54) is 25.7 Å². The minimum absolute atomic E-state index is 0.211. The van der Waals surface area contributed by atoms with Gasteiger partial charge in [0.15, 0.2) is 0 Å². The minimum atomic E-state index is -4.20. The number of hydrogen-bond donors (Lipinski definition) is 1. The van der Waals surface area contributed by atoms with Crippen LogP contribution < -0.4 is 5.32 Å². The maximum atomic E-state index is 11.9. The number of alkyl halides is 3. The Kier molecular flexibility index (Phi) is 6.27. The average Bonchev–Trinajstić information content (AvgIpc) is 2.74. The molecule has 5 heteroatoms. The summed E-state index contributed by atoms with van der Waals surface area (Å²) in [4.78, 5) is 0. The van der Waals surface area contributed by atoms with Crippen molar-refractivity contribution in [3.8, 4) is 0 Å². The Morgan fingerprint density at radius 3 is 2.47 bits per heavy atom. The van der Waals surface area contributed by atoms with Gasteiger partial charge >= 0.3 is 6.18 Å². The van der Waals surface area contributed by atoms with Crippen LogP contribution in [0.15, 0.2) is 0 Å². The van der Waals surface area contributed by atoms with Gasteiger partial charge < -0.3 is 10.1 Å². The van der Waals surface area contributed by atoms with Crippen LogP contribution in [0.1, 0.15) is 32.1 Å².